The van der Waals surface area contributed by atoms with Gasteiger partial charge in [-0.2, -0.15) is 13.2 Å². The van der Waals surface area contributed by atoms with Crippen LogP contribution < -0.4 is 10.6 Å². The second-order valence-corrected chi connectivity index (χ2v) is 5.47. The maximum absolute atomic E-state index is 11.9. The molecule has 2 saturated carbocycles. The zero-order valence-corrected chi connectivity index (χ0v) is 10.5. The molecule has 4 atom stereocenters. The highest BCUT2D eigenvalue weighted by molar-refractivity contribution is 5.74. The maximum Gasteiger partial charge on any atom is 0.390 e. The van der Waals surface area contributed by atoms with E-state index in [-0.39, 0.29) is 18.6 Å². The lowest BCUT2D eigenvalue weighted by Crippen LogP contribution is -2.49. The Morgan fingerprint density at radius 3 is 2.58 bits per heavy atom. The fourth-order valence-corrected chi connectivity index (χ4v) is 3.42. The molecule has 2 aliphatic rings. The molecular formula is C12H19F3N2O2. The molecule has 0 aromatic heterocycles. The van der Waals surface area contributed by atoms with Crippen molar-refractivity contribution < 1.29 is 23.1 Å². The van der Waals surface area contributed by atoms with E-state index in [2.05, 4.69) is 10.6 Å². The highest BCUT2D eigenvalue weighted by Gasteiger charge is 2.47. The molecular weight excluding hydrogens is 261 g/mol. The largest absolute Gasteiger partial charge is 0.396 e. The summed E-state index contributed by atoms with van der Waals surface area (Å²) in [5.41, 5.74) is 0. The molecule has 3 N–H and O–H groups in total. The van der Waals surface area contributed by atoms with E-state index in [9.17, 15) is 23.1 Å². The van der Waals surface area contributed by atoms with E-state index in [1.54, 1.807) is 0 Å². The molecule has 4 nitrogen and oxygen atoms in total. The van der Waals surface area contributed by atoms with Gasteiger partial charge in [0.15, 0.2) is 0 Å². The predicted molar refractivity (Wildman–Crippen MR) is 62.4 cm³/mol. The molecule has 2 fully saturated rings. The lowest BCUT2D eigenvalue weighted by atomic mass is 9.85. The molecule has 0 aromatic rings. The van der Waals surface area contributed by atoms with Gasteiger partial charge in [0.1, 0.15) is 0 Å². The summed E-state index contributed by atoms with van der Waals surface area (Å²) >= 11 is 0. The molecule has 0 saturated heterocycles. The summed E-state index contributed by atoms with van der Waals surface area (Å²) in [6, 6.07) is -0.671. The monoisotopic (exact) mass is 280 g/mol. The number of nitrogens with one attached hydrogen (secondary N) is 2. The Hall–Kier alpha value is -0.980. The van der Waals surface area contributed by atoms with Crippen LogP contribution in [0.5, 0.6) is 0 Å². The SMILES string of the molecule is O=C(NCCC(F)(F)F)NC1C2CCC(C2)C1CO. The van der Waals surface area contributed by atoms with Crippen LogP contribution in [0.2, 0.25) is 0 Å². The van der Waals surface area contributed by atoms with Gasteiger partial charge in [-0.3, -0.25) is 0 Å². The fourth-order valence-electron chi connectivity index (χ4n) is 3.42. The molecule has 0 spiro atoms. The Labute approximate surface area is 109 Å². The average Bonchev–Trinajstić information content (AvgIpc) is 2.87. The van der Waals surface area contributed by atoms with E-state index >= 15 is 0 Å². The number of alkyl halides is 3. The van der Waals surface area contributed by atoms with Gasteiger partial charge in [0.25, 0.3) is 0 Å². The average molecular weight is 280 g/mol. The smallest absolute Gasteiger partial charge is 0.390 e. The van der Waals surface area contributed by atoms with Crippen LogP contribution in [0.1, 0.15) is 25.7 Å². The van der Waals surface area contributed by atoms with Crippen LogP contribution in [0.4, 0.5) is 18.0 Å². The van der Waals surface area contributed by atoms with Crippen LogP contribution in [-0.2, 0) is 0 Å². The van der Waals surface area contributed by atoms with Crippen molar-refractivity contribution in [3.63, 3.8) is 0 Å². The minimum Gasteiger partial charge on any atom is -0.396 e. The summed E-state index contributed by atoms with van der Waals surface area (Å²) in [6.07, 6.45) is -2.19. The molecule has 7 heteroatoms. The fraction of sp³-hybridized carbons (Fsp3) is 0.917. The van der Waals surface area contributed by atoms with Crippen molar-refractivity contribution >= 4 is 6.03 Å². The number of carbonyl (C=O) groups is 1. The molecule has 2 rings (SSSR count). The van der Waals surface area contributed by atoms with Crippen LogP contribution in [0, 0.1) is 17.8 Å². The zero-order chi connectivity index (χ0) is 14.0. The first-order valence-electron chi connectivity index (χ1n) is 6.62. The standard InChI is InChI=1S/C12H19F3N2O2/c13-12(14,15)3-4-16-11(19)17-10-8-2-1-7(5-8)9(10)6-18/h7-10,18H,1-6H2,(H2,16,17,19). The van der Waals surface area contributed by atoms with E-state index in [4.69, 9.17) is 0 Å². The summed E-state index contributed by atoms with van der Waals surface area (Å²) in [5, 5.41) is 14.3. The Kier molecular flexibility index (Phi) is 4.23. The zero-order valence-electron chi connectivity index (χ0n) is 10.5. The summed E-state index contributed by atoms with van der Waals surface area (Å²) in [6.45, 7) is -0.394. The van der Waals surface area contributed by atoms with Crippen LogP contribution >= 0.6 is 0 Å². The van der Waals surface area contributed by atoms with Gasteiger partial charge in [-0.05, 0) is 31.1 Å². The van der Waals surface area contributed by atoms with Crippen molar-refractivity contribution in [2.75, 3.05) is 13.2 Å². The maximum atomic E-state index is 11.9. The summed E-state index contributed by atoms with van der Waals surface area (Å²) < 4.78 is 35.8. The van der Waals surface area contributed by atoms with Gasteiger partial charge in [-0.15, -0.1) is 0 Å². The van der Waals surface area contributed by atoms with E-state index in [1.807, 2.05) is 0 Å². The number of hydrogen-bond acceptors (Lipinski definition) is 2. The lowest BCUT2D eigenvalue weighted by molar-refractivity contribution is -0.132. The molecule has 0 radical (unpaired) electrons. The molecule has 110 valence electrons. The number of hydrogen-bond donors (Lipinski definition) is 3. The predicted octanol–water partition coefficient (Wildman–Crippen LogP) is 1.65. The van der Waals surface area contributed by atoms with E-state index < -0.39 is 25.2 Å². The van der Waals surface area contributed by atoms with Crippen molar-refractivity contribution in [3.05, 3.63) is 0 Å². The molecule has 2 amide bonds. The van der Waals surface area contributed by atoms with Crippen LogP contribution in [0.3, 0.4) is 0 Å². The molecule has 0 aliphatic heterocycles. The van der Waals surface area contributed by atoms with Crippen molar-refractivity contribution in [2.24, 2.45) is 17.8 Å². The Morgan fingerprint density at radius 2 is 1.95 bits per heavy atom. The van der Waals surface area contributed by atoms with Gasteiger partial charge in [-0.1, -0.05) is 0 Å². The lowest BCUT2D eigenvalue weighted by Gasteiger charge is -2.30. The van der Waals surface area contributed by atoms with Crippen molar-refractivity contribution in [1.29, 1.82) is 0 Å². The summed E-state index contributed by atoms with van der Waals surface area (Å²) in [7, 11) is 0. The first-order valence-corrected chi connectivity index (χ1v) is 6.62. The number of rotatable bonds is 4. The minimum atomic E-state index is -4.26. The molecule has 2 bridgehead atoms. The molecule has 2 aliphatic carbocycles. The normalized spacial score (nSPS) is 33.5. The highest BCUT2D eigenvalue weighted by Crippen LogP contribution is 2.48. The van der Waals surface area contributed by atoms with Crippen molar-refractivity contribution in [2.45, 2.75) is 37.9 Å². The highest BCUT2D eigenvalue weighted by atomic mass is 19.4. The van der Waals surface area contributed by atoms with E-state index in [0.717, 1.165) is 19.3 Å². The van der Waals surface area contributed by atoms with Gasteiger partial charge in [0.2, 0.25) is 0 Å². The molecule has 0 aromatic carbocycles. The first kappa shape index (κ1) is 14.4. The van der Waals surface area contributed by atoms with E-state index in [1.165, 1.54) is 0 Å². The number of aliphatic hydroxyl groups is 1. The molecule has 0 heterocycles. The number of urea groups is 1. The quantitative estimate of drug-likeness (QED) is 0.733. The van der Waals surface area contributed by atoms with Gasteiger partial charge in [0, 0.05) is 25.1 Å². The van der Waals surface area contributed by atoms with Gasteiger partial charge in [-0.25, -0.2) is 4.79 Å². The molecule has 19 heavy (non-hydrogen) atoms. The third-order valence-corrected chi connectivity index (χ3v) is 4.29. The minimum absolute atomic E-state index is 0.0225. The van der Waals surface area contributed by atoms with Gasteiger partial charge >= 0.3 is 12.2 Å². The van der Waals surface area contributed by atoms with Gasteiger partial charge in [0.05, 0.1) is 6.42 Å². The number of amides is 2. The van der Waals surface area contributed by atoms with Crippen LogP contribution in [-0.4, -0.2) is 36.5 Å². The topological polar surface area (TPSA) is 61.4 Å². The summed E-state index contributed by atoms with van der Waals surface area (Å²) in [4.78, 5) is 11.6. The number of carbonyl (C=O) groups excluding carboxylic acids is 1. The third-order valence-electron chi connectivity index (χ3n) is 4.29. The van der Waals surface area contributed by atoms with E-state index in [0.29, 0.717) is 11.8 Å². The Balaban J connectivity index is 1.76. The second-order valence-electron chi connectivity index (χ2n) is 5.47. The van der Waals surface area contributed by atoms with Crippen molar-refractivity contribution in [3.8, 4) is 0 Å². The van der Waals surface area contributed by atoms with Gasteiger partial charge < -0.3 is 15.7 Å². The number of halogens is 3. The number of fused-ring (bicyclic) bond motifs is 2. The Bertz CT molecular complexity index is 335. The number of aliphatic hydroxyl groups excluding tert-OH is 1. The first-order chi connectivity index (χ1) is 8.90. The molecule has 4 unspecified atom stereocenters. The van der Waals surface area contributed by atoms with Crippen LogP contribution in [0.25, 0.3) is 0 Å². The second kappa shape index (κ2) is 5.56. The third kappa shape index (κ3) is 3.52. The summed E-state index contributed by atoms with van der Waals surface area (Å²) in [5.74, 6) is 0.845. The van der Waals surface area contributed by atoms with Crippen LogP contribution in [0.15, 0.2) is 0 Å². The van der Waals surface area contributed by atoms with Crippen molar-refractivity contribution in [1.82, 2.24) is 10.6 Å². The Morgan fingerprint density at radius 1 is 1.26 bits per heavy atom.